The zero-order chi connectivity index (χ0) is 15.4. The van der Waals surface area contributed by atoms with Gasteiger partial charge in [0.2, 0.25) is 0 Å². The third-order valence-corrected chi connectivity index (χ3v) is 3.94. The fourth-order valence-corrected chi connectivity index (χ4v) is 2.74. The molecule has 1 atom stereocenters. The summed E-state index contributed by atoms with van der Waals surface area (Å²) in [5, 5.41) is 6.20. The normalized spacial score (nSPS) is 18.1. The van der Waals surface area contributed by atoms with Crippen molar-refractivity contribution in [2.45, 2.75) is 32.2 Å². The van der Waals surface area contributed by atoms with Crippen molar-refractivity contribution in [2.24, 2.45) is 0 Å². The Balaban J connectivity index is 1.59. The number of nitrogens with one attached hydrogen (secondary N) is 2. The molecule has 22 heavy (non-hydrogen) atoms. The molecule has 5 nitrogen and oxygen atoms in total. The van der Waals surface area contributed by atoms with Gasteiger partial charge in [-0.2, -0.15) is 0 Å². The van der Waals surface area contributed by atoms with Crippen molar-refractivity contribution in [3.63, 3.8) is 0 Å². The van der Waals surface area contributed by atoms with Crippen LogP contribution in [0.1, 0.15) is 46.3 Å². The van der Waals surface area contributed by atoms with E-state index in [1.807, 2.05) is 25.1 Å². The van der Waals surface area contributed by atoms with Crippen molar-refractivity contribution in [1.29, 1.82) is 0 Å². The molecule has 1 aliphatic rings. The molecule has 2 heterocycles. The van der Waals surface area contributed by atoms with Crippen LogP contribution >= 0.6 is 0 Å². The Bertz CT molecular complexity index is 645. The molecule has 0 saturated carbocycles. The average molecular weight is 299 g/mol. The molecular weight excluding hydrogens is 278 g/mol. The Morgan fingerprint density at radius 3 is 3.18 bits per heavy atom. The predicted octanol–water partition coefficient (Wildman–Crippen LogP) is 2.38. The first kappa shape index (κ1) is 14.8. The van der Waals surface area contributed by atoms with Crippen molar-refractivity contribution in [1.82, 2.24) is 15.6 Å². The Labute approximate surface area is 130 Å². The number of carbonyl (C=O) groups excluding carboxylic acids is 1. The number of hydrogen-bond donors (Lipinski definition) is 2. The SMILES string of the molecule is Cc1cccc(CNC(=O)c2coc(C3CCCNC3)n2)c1. The molecule has 1 fully saturated rings. The smallest absolute Gasteiger partial charge is 0.273 e. The molecule has 1 aliphatic heterocycles. The van der Waals surface area contributed by atoms with Gasteiger partial charge in [-0.05, 0) is 31.9 Å². The first-order valence-corrected chi connectivity index (χ1v) is 7.72. The van der Waals surface area contributed by atoms with E-state index in [2.05, 4.69) is 21.7 Å². The Kier molecular flexibility index (Phi) is 4.53. The van der Waals surface area contributed by atoms with Crippen LogP contribution in [0.4, 0.5) is 0 Å². The number of oxazole rings is 1. The molecule has 1 aromatic carbocycles. The quantitative estimate of drug-likeness (QED) is 0.909. The molecule has 2 N–H and O–H groups in total. The lowest BCUT2D eigenvalue weighted by Gasteiger charge is -2.19. The molecule has 2 aromatic rings. The van der Waals surface area contributed by atoms with Gasteiger partial charge < -0.3 is 15.1 Å². The first-order chi connectivity index (χ1) is 10.7. The lowest BCUT2D eigenvalue weighted by Crippen LogP contribution is -2.28. The summed E-state index contributed by atoms with van der Waals surface area (Å²) in [4.78, 5) is 16.5. The molecule has 1 amide bonds. The summed E-state index contributed by atoms with van der Waals surface area (Å²) < 4.78 is 5.48. The van der Waals surface area contributed by atoms with Crippen LogP contribution < -0.4 is 10.6 Å². The van der Waals surface area contributed by atoms with E-state index in [4.69, 9.17) is 4.42 Å². The van der Waals surface area contributed by atoms with Crippen LogP contribution in [0.25, 0.3) is 0 Å². The van der Waals surface area contributed by atoms with Gasteiger partial charge >= 0.3 is 0 Å². The summed E-state index contributed by atoms with van der Waals surface area (Å²) in [6.45, 7) is 4.44. The Morgan fingerprint density at radius 2 is 2.41 bits per heavy atom. The van der Waals surface area contributed by atoms with Crippen LogP contribution in [0.15, 0.2) is 34.9 Å². The fourth-order valence-electron chi connectivity index (χ4n) is 2.74. The van der Waals surface area contributed by atoms with E-state index in [1.165, 1.54) is 11.8 Å². The zero-order valence-corrected chi connectivity index (χ0v) is 12.8. The second-order valence-corrected chi connectivity index (χ2v) is 5.79. The van der Waals surface area contributed by atoms with Gasteiger partial charge in [0.15, 0.2) is 11.6 Å². The van der Waals surface area contributed by atoms with Crippen molar-refractivity contribution in [3.8, 4) is 0 Å². The number of amides is 1. The Hall–Kier alpha value is -2.14. The maximum Gasteiger partial charge on any atom is 0.273 e. The van der Waals surface area contributed by atoms with Crippen LogP contribution in [0.5, 0.6) is 0 Å². The molecule has 1 unspecified atom stereocenters. The predicted molar refractivity (Wildman–Crippen MR) is 83.7 cm³/mol. The molecule has 116 valence electrons. The minimum absolute atomic E-state index is 0.194. The minimum Gasteiger partial charge on any atom is -0.448 e. The van der Waals surface area contributed by atoms with E-state index in [0.717, 1.165) is 31.5 Å². The molecule has 1 aromatic heterocycles. The van der Waals surface area contributed by atoms with Gasteiger partial charge in [-0.25, -0.2) is 4.98 Å². The Morgan fingerprint density at radius 1 is 1.50 bits per heavy atom. The summed E-state index contributed by atoms with van der Waals surface area (Å²) in [6.07, 6.45) is 3.62. The van der Waals surface area contributed by atoms with Crippen molar-refractivity contribution in [3.05, 3.63) is 53.2 Å². The summed E-state index contributed by atoms with van der Waals surface area (Å²) in [6, 6.07) is 8.08. The summed E-state index contributed by atoms with van der Waals surface area (Å²) in [5.74, 6) is 0.736. The monoisotopic (exact) mass is 299 g/mol. The molecule has 0 spiro atoms. The van der Waals surface area contributed by atoms with Crippen LogP contribution in [-0.4, -0.2) is 24.0 Å². The minimum atomic E-state index is -0.194. The lowest BCUT2D eigenvalue weighted by molar-refractivity contribution is 0.0946. The largest absolute Gasteiger partial charge is 0.448 e. The van der Waals surface area contributed by atoms with E-state index in [1.54, 1.807) is 0 Å². The highest BCUT2D eigenvalue weighted by Gasteiger charge is 2.21. The average Bonchev–Trinajstić information content (AvgIpc) is 3.04. The number of hydrogen-bond acceptors (Lipinski definition) is 4. The highest BCUT2D eigenvalue weighted by molar-refractivity contribution is 5.91. The van der Waals surface area contributed by atoms with Crippen LogP contribution in [0, 0.1) is 6.92 Å². The van der Waals surface area contributed by atoms with E-state index in [-0.39, 0.29) is 11.8 Å². The molecule has 5 heteroatoms. The van der Waals surface area contributed by atoms with E-state index in [0.29, 0.717) is 18.1 Å². The van der Waals surface area contributed by atoms with Crippen LogP contribution in [0.2, 0.25) is 0 Å². The second-order valence-electron chi connectivity index (χ2n) is 5.79. The maximum absolute atomic E-state index is 12.1. The maximum atomic E-state index is 12.1. The molecular formula is C17H21N3O2. The zero-order valence-electron chi connectivity index (χ0n) is 12.8. The number of carbonyl (C=O) groups is 1. The van der Waals surface area contributed by atoms with Crippen LogP contribution in [0.3, 0.4) is 0 Å². The topological polar surface area (TPSA) is 67.2 Å². The number of aryl methyl sites for hydroxylation is 1. The van der Waals surface area contributed by atoms with Gasteiger partial charge in [-0.15, -0.1) is 0 Å². The van der Waals surface area contributed by atoms with Crippen LogP contribution in [-0.2, 0) is 6.54 Å². The molecule has 0 aliphatic carbocycles. The molecule has 1 saturated heterocycles. The molecule has 0 radical (unpaired) electrons. The van der Waals surface area contributed by atoms with Gasteiger partial charge in [0.1, 0.15) is 6.26 Å². The molecule has 3 rings (SSSR count). The van der Waals surface area contributed by atoms with Crippen molar-refractivity contribution >= 4 is 5.91 Å². The van der Waals surface area contributed by atoms with Gasteiger partial charge in [-0.3, -0.25) is 4.79 Å². The first-order valence-electron chi connectivity index (χ1n) is 7.72. The van der Waals surface area contributed by atoms with Gasteiger partial charge in [0.05, 0.1) is 0 Å². The number of nitrogens with zero attached hydrogens (tertiary/aromatic N) is 1. The van der Waals surface area contributed by atoms with Gasteiger partial charge in [0.25, 0.3) is 5.91 Å². The number of aromatic nitrogens is 1. The lowest BCUT2D eigenvalue weighted by atomic mass is 10.00. The summed E-state index contributed by atoms with van der Waals surface area (Å²) in [5.41, 5.74) is 2.61. The van der Waals surface area contributed by atoms with Crippen molar-refractivity contribution < 1.29 is 9.21 Å². The summed E-state index contributed by atoms with van der Waals surface area (Å²) in [7, 11) is 0. The molecule has 0 bridgehead atoms. The summed E-state index contributed by atoms with van der Waals surface area (Å²) >= 11 is 0. The number of rotatable bonds is 4. The highest BCUT2D eigenvalue weighted by Crippen LogP contribution is 2.22. The standard InChI is InChI=1S/C17H21N3O2/c1-12-4-2-5-13(8-12)9-19-16(21)15-11-22-17(20-15)14-6-3-7-18-10-14/h2,4-5,8,11,14,18H,3,6-7,9-10H2,1H3,(H,19,21). The van der Waals surface area contributed by atoms with Gasteiger partial charge in [0, 0.05) is 19.0 Å². The fraction of sp³-hybridized carbons (Fsp3) is 0.412. The second kappa shape index (κ2) is 6.75. The van der Waals surface area contributed by atoms with E-state index >= 15 is 0 Å². The number of piperidine rings is 1. The van der Waals surface area contributed by atoms with E-state index < -0.39 is 0 Å². The van der Waals surface area contributed by atoms with Crippen molar-refractivity contribution in [2.75, 3.05) is 13.1 Å². The third-order valence-electron chi connectivity index (χ3n) is 3.94. The van der Waals surface area contributed by atoms with E-state index in [9.17, 15) is 4.79 Å². The highest BCUT2D eigenvalue weighted by atomic mass is 16.3. The number of benzene rings is 1. The van der Waals surface area contributed by atoms with Gasteiger partial charge in [-0.1, -0.05) is 29.8 Å². The third kappa shape index (κ3) is 3.54.